The molecule has 0 bridgehead atoms. The Morgan fingerprint density at radius 1 is 0.382 bits per heavy atom. The van der Waals surface area contributed by atoms with Crippen molar-refractivity contribution >= 4 is 76.5 Å². The highest BCUT2D eigenvalue weighted by molar-refractivity contribution is 6.25. The SMILES string of the molecule is c1ccc(-c2nc(-c3ccc4c(c3)oc3ccccc34)nc(-n3c4ccc5ccccc5c4c4cccc(-c5cccc6oc7ccccc7c56)c43)n2)cc1. The average molecular weight is 705 g/mol. The van der Waals surface area contributed by atoms with Gasteiger partial charge in [0.05, 0.1) is 11.0 Å². The quantitative estimate of drug-likeness (QED) is 0.182. The van der Waals surface area contributed by atoms with Gasteiger partial charge in [0.2, 0.25) is 5.95 Å². The summed E-state index contributed by atoms with van der Waals surface area (Å²) in [6.07, 6.45) is 0. The fourth-order valence-electron chi connectivity index (χ4n) is 8.44. The maximum absolute atomic E-state index is 6.39. The zero-order valence-electron chi connectivity index (χ0n) is 29.3. The van der Waals surface area contributed by atoms with Crippen LogP contribution in [0.1, 0.15) is 0 Å². The third-order valence-electron chi connectivity index (χ3n) is 10.9. The van der Waals surface area contributed by atoms with Gasteiger partial charge in [-0.05, 0) is 52.7 Å². The number of rotatable bonds is 4. The summed E-state index contributed by atoms with van der Waals surface area (Å²) in [6, 6.07) is 58.5. The second-order valence-electron chi connectivity index (χ2n) is 14.0. The van der Waals surface area contributed by atoms with E-state index in [1.807, 2.05) is 72.8 Å². The number of nitrogens with zero attached hydrogens (tertiary/aromatic N) is 4. The molecular weight excluding hydrogens is 677 g/mol. The third-order valence-corrected chi connectivity index (χ3v) is 10.9. The van der Waals surface area contributed by atoms with Crippen LogP contribution in [-0.4, -0.2) is 19.5 Å². The zero-order valence-corrected chi connectivity index (χ0v) is 29.3. The smallest absolute Gasteiger partial charge is 0.238 e. The van der Waals surface area contributed by atoms with Crippen molar-refractivity contribution in [3.05, 3.63) is 170 Å². The second-order valence-corrected chi connectivity index (χ2v) is 14.0. The molecule has 4 heterocycles. The number of furan rings is 2. The third kappa shape index (κ3) is 4.46. The fraction of sp³-hybridized carbons (Fsp3) is 0. The lowest BCUT2D eigenvalue weighted by Crippen LogP contribution is -2.07. The molecule has 0 saturated heterocycles. The van der Waals surface area contributed by atoms with E-state index in [-0.39, 0.29) is 0 Å². The van der Waals surface area contributed by atoms with Crippen LogP contribution in [0.2, 0.25) is 0 Å². The molecule has 0 unspecified atom stereocenters. The van der Waals surface area contributed by atoms with Crippen LogP contribution >= 0.6 is 0 Å². The zero-order chi connectivity index (χ0) is 36.0. The van der Waals surface area contributed by atoms with Crippen LogP contribution in [0, 0.1) is 0 Å². The molecule has 0 atom stereocenters. The minimum atomic E-state index is 0.528. The molecule has 256 valence electrons. The molecule has 12 aromatic rings. The predicted octanol–water partition coefficient (Wildman–Crippen LogP) is 12.9. The molecule has 0 fully saturated rings. The monoisotopic (exact) mass is 704 g/mol. The summed E-state index contributed by atoms with van der Waals surface area (Å²) in [7, 11) is 0. The van der Waals surface area contributed by atoms with E-state index in [0.29, 0.717) is 17.6 Å². The molecule has 4 aromatic heterocycles. The molecule has 0 spiro atoms. The van der Waals surface area contributed by atoms with Crippen LogP contribution in [0.25, 0.3) is 116 Å². The summed E-state index contributed by atoms with van der Waals surface area (Å²) in [6.45, 7) is 0. The minimum absolute atomic E-state index is 0.528. The number of para-hydroxylation sites is 3. The van der Waals surface area contributed by atoms with Gasteiger partial charge in [-0.2, -0.15) is 9.97 Å². The van der Waals surface area contributed by atoms with Gasteiger partial charge in [0.15, 0.2) is 11.6 Å². The summed E-state index contributed by atoms with van der Waals surface area (Å²) in [5.41, 5.74) is 9.24. The first-order valence-corrected chi connectivity index (χ1v) is 18.4. The highest BCUT2D eigenvalue weighted by atomic mass is 16.3. The topological polar surface area (TPSA) is 69.9 Å². The lowest BCUT2D eigenvalue weighted by Gasteiger charge is -2.13. The van der Waals surface area contributed by atoms with Gasteiger partial charge >= 0.3 is 0 Å². The van der Waals surface area contributed by atoms with Crippen molar-refractivity contribution in [1.29, 1.82) is 0 Å². The Kier molecular flexibility index (Phi) is 6.24. The molecule has 0 radical (unpaired) electrons. The molecule has 0 N–H and O–H groups in total. The van der Waals surface area contributed by atoms with Crippen molar-refractivity contribution < 1.29 is 8.83 Å². The van der Waals surface area contributed by atoms with Crippen LogP contribution in [0.3, 0.4) is 0 Å². The van der Waals surface area contributed by atoms with Gasteiger partial charge in [-0.1, -0.05) is 133 Å². The molecule has 6 heteroatoms. The molecule has 0 amide bonds. The van der Waals surface area contributed by atoms with E-state index >= 15 is 0 Å². The van der Waals surface area contributed by atoms with Crippen LogP contribution < -0.4 is 0 Å². The van der Waals surface area contributed by atoms with Gasteiger partial charge < -0.3 is 8.83 Å². The van der Waals surface area contributed by atoms with E-state index < -0.39 is 0 Å². The van der Waals surface area contributed by atoms with Gasteiger partial charge in [-0.15, -0.1) is 0 Å². The Morgan fingerprint density at radius 3 is 1.89 bits per heavy atom. The largest absolute Gasteiger partial charge is 0.456 e. The summed E-state index contributed by atoms with van der Waals surface area (Å²) < 4.78 is 14.9. The summed E-state index contributed by atoms with van der Waals surface area (Å²) in [5, 5.41) is 8.88. The van der Waals surface area contributed by atoms with Crippen molar-refractivity contribution in [3.63, 3.8) is 0 Å². The number of hydrogen-bond donors (Lipinski definition) is 0. The van der Waals surface area contributed by atoms with Gasteiger partial charge in [0, 0.05) is 49.0 Å². The van der Waals surface area contributed by atoms with E-state index in [4.69, 9.17) is 23.8 Å². The van der Waals surface area contributed by atoms with Crippen LogP contribution in [-0.2, 0) is 0 Å². The van der Waals surface area contributed by atoms with Crippen LogP contribution in [0.15, 0.2) is 179 Å². The summed E-state index contributed by atoms with van der Waals surface area (Å²) in [5.74, 6) is 1.67. The van der Waals surface area contributed by atoms with E-state index in [9.17, 15) is 0 Å². The average Bonchev–Trinajstić information content (AvgIpc) is 3.93. The Bertz CT molecular complexity index is 3500. The molecule has 12 rings (SSSR count). The van der Waals surface area contributed by atoms with Gasteiger partial charge in [-0.25, -0.2) is 4.98 Å². The maximum atomic E-state index is 6.39. The van der Waals surface area contributed by atoms with E-state index in [0.717, 1.165) is 87.9 Å². The normalized spacial score (nSPS) is 12.0. The number of fused-ring (bicyclic) bond motifs is 11. The lowest BCUT2D eigenvalue weighted by atomic mass is 9.96. The molecule has 8 aromatic carbocycles. The predicted molar refractivity (Wildman–Crippen MR) is 223 cm³/mol. The minimum Gasteiger partial charge on any atom is -0.456 e. The number of hydrogen-bond acceptors (Lipinski definition) is 5. The van der Waals surface area contributed by atoms with Crippen LogP contribution in [0.5, 0.6) is 0 Å². The Hall–Kier alpha value is -7.57. The van der Waals surface area contributed by atoms with Crippen molar-refractivity contribution in [1.82, 2.24) is 19.5 Å². The Labute approximate surface area is 313 Å². The first kappa shape index (κ1) is 29.9. The first-order valence-electron chi connectivity index (χ1n) is 18.4. The van der Waals surface area contributed by atoms with E-state index in [1.54, 1.807) is 0 Å². The van der Waals surface area contributed by atoms with Gasteiger partial charge in [0.25, 0.3) is 0 Å². The van der Waals surface area contributed by atoms with E-state index in [2.05, 4.69) is 102 Å². The molecule has 0 aliphatic heterocycles. The highest BCUT2D eigenvalue weighted by Crippen LogP contribution is 2.44. The van der Waals surface area contributed by atoms with E-state index in [1.165, 1.54) is 10.8 Å². The van der Waals surface area contributed by atoms with Gasteiger partial charge in [-0.3, -0.25) is 4.57 Å². The van der Waals surface area contributed by atoms with Crippen molar-refractivity contribution in [2.75, 3.05) is 0 Å². The van der Waals surface area contributed by atoms with Gasteiger partial charge in [0.1, 0.15) is 22.3 Å². The Balaban J connectivity index is 1.20. The maximum Gasteiger partial charge on any atom is 0.238 e. The van der Waals surface area contributed by atoms with Crippen molar-refractivity contribution in [2.45, 2.75) is 0 Å². The second kappa shape index (κ2) is 11.5. The molecule has 0 aliphatic carbocycles. The molecule has 6 nitrogen and oxygen atoms in total. The highest BCUT2D eigenvalue weighted by Gasteiger charge is 2.23. The van der Waals surface area contributed by atoms with Crippen molar-refractivity contribution in [3.8, 4) is 39.9 Å². The molecule has 0 saturated carbocycles. The standard InChI is InChI=1S/C49H28N4O2/c1-2-13-30(14-3-1)47-50-48(31-24-26-34-33-16-6-8-21-40(33)55-43(34)28-31)52-49(51-47)53-39-27-25-29-12-4-5-15-32(29)44(39)38-20-10-19-36(46(38)53)35-18-11-23-42-45(35)37-17-7-9-22-41(37)54-42/h1-28H. The number of aromatic nitrogens is 4. The lowest BCUT2D eigenvalue weighted by molar-refractivity contribution is 0.668. The summed E-state index contributed by atoms with van der Waals surface area (Å²) in [4.78, 5) is 15.7. The molecule has 0 aliphatic rings. The first-order chi connectivity index (χ1) is 27.3. The fourth-order valence-corrected chi connectivity index (χ4v) is 8.44. The van der Waals surface area contributed by atoms with Crippen molar-refractivity contribution in [2.24, 2.45) is 0 Å². The molecular formula is C49H28N4O2. The molecule has 55 heavy (non-hydrogen) atoms. The Morgan fingerprint density at radius 2 is 1.02 bits per heavy atom. The summed E-state index contributed by atoms with van der Waals surface area (Å²) >= 11 is 0. The van der Waals surface area contributed by atoms with Crippen LogP contribution in [0.4, 0.5) is 0 Å². The number of benzene rings is 8.